The van der Waals surface area contributed by atoms with Gasteiger partial charge in [-0.25, -0.2) is 0 Å². The lowest BCUT2D eigenvalue weighted by Crippen LogP contribution is -1.98. The summed E-state index contributed by atoms with van der Waals surface area (Å²) in [7, 11) is 0. The molecular weight excluding hydrogens is 285 g/mol. The molecule has 19 heavy (non-hydrogen) atoms. The molecule has 2 aromatic rings. The average Bonchev–Trinajstić information content (AvgIpc) is 2.38. The molecule has 0 aliphatic heterocycles. The van der Waals surface area contributed by atoms with Gasteiger partial charge in [-0.1, -0.05) is 40.5 Å². The summed E-state index contributed by atoms with van der Waals surface area (Å²) < 4.78 is 5.67. The molecular formula is C14H11Cl2NO2. The highest BCUT2D eigenvalue weighted by Crippen LogP contribution is 2.23. The van der Waals surface area contributed by atoms with Crippen molar-refractivity contribution in [3.8, 4) is 5.75 Å². The zero-order chi connectivity index (χ0) is 13.7. The van der Waals surface area contributed by atoms with Gasteiger partial charge in [-0.3, -0.25) is 0 Å². The molecule has 2 aromatic carbocycles. The normalized spacial score (nSPS) is 10.8. The van der Waals surface area contributed by atoms with Gasteiger partial charge in [-0.15, -0.1) is 0 Å². The summed E-state index contributed by atoms with van der Waals surface area (Å²) in [6.45, 7) is 0.370. The van der Waals surface area contributed by atoms with Crippen molar-refractivity contribution in [3.63, 3.8) is 0 Å². The third-order valence-corrected chi connectivity index (χ3v) is 2.92. The lowest BCUT2D eigenvalue weighted by atomic mass is 10.2. The predicted molar refractivity (Wildman–Crippen MR) is 76.6 cm³/mol. The second-order valence-electron chi connectivity index (χ2n) is 3.85. The molecule has 0 saturated carbocycles. The molecule has 0 atom stereocenters. The maximum Gasteiger partial charge on any atom is 0.128 e. The van der Waals surface area contributed by atoms with Crippen molar-refractivity contribution in [2.45, 2.75) is 6.61 Å². The van der Waals surface area contributed by atoms with Gasteiger partial charge in [0.05, 0.1) is 6.21 Å². The minimum absolute atomic E-state index is 0.370. The van der Waals surface area contributed by atoms with Gasteiger partial charge in [0.2, 0.25) is 0 Å². The van der Waals surface area contributed by atoms with E-state index >= 15 is 0 Å². The fraction of sp³-hybridized carbons (Fsp3) is 0.0714. The Kier molecular flexibility index (Phi) is 4.66. The second kappa shape index (κ2) is 6.45. The molecule has 0 saturated heterocycles. The Morgan fingerprint density at radius 1 is 1.11 bits per heavy atom. The third-order valence-electron chi connectivity index (χ3n) is 2.45. The smallest absolute Gasteiger partial charge is 0.128 e. The van der Waals surface area contributed by atoms with Crippen LogP contribution in [0.25, 0.3) is 0 Å². The molecule has 0 amide bonds. The quantitative estimate of drug-likeness (QED) is 0.517. The number of rotatable bonds is 4. The highest BCUT2D eigenvalue weighted by atomic mass is 35.5. The maximum absolute atomic E-state index is 8.61. The molecule has 0 fully saturated rings. The van der Waals surface area contributed by atoms with E-state index in [9.17, 15) is 0 Å². The van der Waals surface area contributed by atoms with Crippen molar-refractivity contribution in [1.82, 2.24) is 0 Å². The minimum atomic E-state index is 0.370. The number of oxime groups is 1. The molecule has 98 valence electrons. The van der Waals surface area contributed by atoms with E-state index in [-0.39, 0.29) is 0 Å². The highest BCUT2D eigenvalue weighted by molar-refractivity contribution is 6.31. The molecule has 0 spiro atoms. The van der Waals surface area contributed by atoms with Gasteiger partial charge in [0.1, 0.15) is 12.4 Å². The van der Waals surface area contributed by atoms with Crippen LogP contribution in [0.1, 0.15) is 11.1 Å². The summed E-state index contributed by atoms with van der Waals surface area (Å²) >= 11 is 11.8. The van der Waals surface area contributed by atoms with Crippen LogP contribution in [0.2, 0.25) is 10.0 Å². The second-order valence-corrected chi connectivity index (χ2v) is 4.72. The van der Waals surface area contributed by atoms with Crippen molar-refractivity contribution in [2.24, 2.45) is 5.16 Å². The lowest BCUT2D eigenvalue weighted by molar-refractivity contribution is 0.304. The molecule has 2 rings (SSSR count). The summed E-state index contributed by atoms with van der Waals surface area (Å²) in [5.74, 6) is 0.585. The summed E-state index contributed by atoms with van der Waals surface area (Å²) in [4.78, 5) is 0. The van der Waals surface area contributed by atoms with Gasteiger partial charge in [0.15, 0.2) is 0 Å². The number of nitrogens with zero attached hydrogens (tertiary/aromatic N) is 1. The van der Waals surface area contributed by atoms with E-state index in [4.69, 9.17) is 33.1 Å². The number of halogens is 2. The summed E-state index contributed by atoms with van der Waals surface area (Å²) in [5.41, 5.74) is 1.56. The topological polar surface area (TPSA) is 41.8 Å². The Bertz CT molecular complexity index is 600. The van der Waals surface area contributed by atoms with E-state index in [0.29, 0.717) is 28.0 Å². The van der Waals surface area contributed by atoms with Gasteiger partial charge < -0.3 is 9.94 Å². The predicted octanol–water partition coefficient (Wildman–Crippen LogP) is 4.38. The first-order valence-electron chi connectivity index (χ1n) is 5.53. The van der Waals surface area contributed by atoms with Crippen LogP contribution < -0.4 is 4.74 Å². The first-order valence-corrected chi connectivity index (χ1v) is 6.29. The fourth-order valence-corrected chi connectivity index (χ4v) is 2.00. The average molecular weight is 296 g/mol. The lowest BCUT2D eigenvalue weighted by Gasteiger charge is -2.09. The van der Waals surface area contributed by atoms with Gasteiger partial charge in [-0.05, 0) is 35.9 Å². The van der Waals surface area contributed by atoms with Crippen LogP contribution in [0.15, 0.2) is 47.6 Å². The molecule has 0 unspecified atom stereocenters. The largest absolute Gasteiger partial charge is 0.488 e. The van der Waals surface area contributed by atoms with Gasteiger partial charge in [0, 0.05) is 15.6 Å². The van der Waals surface area contributed by atoms with Gasteiger partial charge in [-0.2, -0.15) is 0 Å². The van der Waals surface area contributed by atoms with Crippen molar-refractivity contribution in [3.05, 3.63) is 63.6 Å². The molecule has 0 aromatic heterocycles. The van der Waals surface area contributed by atoms with Crippen molar-refractivity contribution >= 4 is 29.4 Å². The molecule has 0 heterocycles. The van der Waals surface area contributed by atoms with Crippen LogP contribution in [-0.4, -0.2) is 11.4 Å². The first-order chi connectivity index (χ1) is 9.19. The first kappa shape index (κ1) is 13.7. The molecule has 5 heteroatoms. The van der Waals surface area contributed by atoms with E-state index in [1.165, 1.54) is 6.21 Å². The van der Waals surface area contributed by atoms with Crippen LogP contribution in [0.4, 0.5) is 0 Å². The van der Waals surface area contributed by atoms with Crippen LogP contribution in [0.3, 0.4) is 0 Å². The molecule has 3 nitrogen and oxygen atoms in total. The van der Waals surface area contributed by atoms with Crippen molar-refractivity contribution in [1.29, 1.82) is 0 Å². The van der Waals surface area contributed by atoms with E-state index in [1.54, 1.807) is 24.3 Å². The number of ether oxygens (including phenoxy) is 1. The minimum Gasteiger partial charge on any atom is -0.488 e. The number of hydrogen-bond acceptors (Lipinski definition) is 3. The summed E-state index contributed by atoms with van der Waals surface area (Å²) in [6.07, 6.45) is 1.28. The van der Waals surface area contributed by atoms with Crippen LogP contribution in [-0.2, 0) is 6.61 Å². The number of benzene rings is 2. The maximum atomic E-state index is 8.61. The third kappa shape index (κ3) is 3.88. The highest BCUT2D eigenvalue weighted by Gasteiger charge is 2.04. The molecule has 0 bridgehead atoms. The van der Waals surface area contributed by atoms with Crippen LogP contribution in [0, 0.1) is 0 Å². The van der Waals surface area contributed by atoms with Crippen LogP contribution >= 0.6 is 23.2 Å². The van der Waals surface area contributed by atoms with E-state index < -0.39 is 0 Å². The van der Waals surface area contributed by atoms with Crippen molar-refractivity contribution < 1.29 is 9.94 Å². The van der Waals surface area contributed by atoms with E-state index in [1.807, 2.05) is 18.2 Å². The zero-order valence-corrected chi connectivity index (χ0v) is 11.4. The fourth-order valence-electron chi connectivity index (χ4n) is 1.60. The monoisotopic (exact) mass is 295 g/mol. The Morgan fingerprint density at radius 2 is 1.89 bits per heavy atom. The summed E-state index contributed by atoms with van der Waals surface area (Å²) in [6, 6.07) is 12.5. The van der Waals surface area contributed by atoms with E-state index in [0.717, 1.165) is 5.56 Å². The molecule has 0 radical (unpaired) electrons. The van der Waals surface area contributed by atoms with Crippen molar-refractivity contribution in [2.75, 3.05) is 0 Å². The Labute approximate surface area is 121 Å². The van der Waals surface area contributed by atoms with E-state index in [2.05, 4.69) is 5.16 Å². The molecule has 1 N–H and O–H groups in total. The SMILES string of the molecule is ON=Cc1cc(Cl)ccc1OCc1cccc(Cl)c1. The van der Waals surface area contributed by atoms with Crippen LogP contribution in [0.5, 0.6) is 5.75 Å². The molecule has 0 aliphatic carbocycles. The zero-order valence-electron chi connectivity index (χ0n) is 9.88. The Morgan fingerprint density at radius 3 is 2.63 bits per heavy atom. The Hall–Kier alpha value is -1.71. The van der Waals surface area contributed by atoms with Gasteiger partial charge in [0.25, 0.3) is 0 Å². The Balaban J connectivity index is 2.15. The summed E-state index contributed by atoms with van der Waals surface area (Å²) in [5, 5.41) is 12.8. The standard InChI is InChI=1S/C14H11Cl2NO2/c15-12-3-1-2-10(6-12)9-19-14-5-4-13(16)7-11(14)8-17-18/h1-8,18H,9H2. The van der Waals surface area contributed by atoms with Gasteiger partial charge >= 0.3 is 0 Å². The molecule has 0 aliphatic rings. The number of hydrogen-bond donors (Lipinski definition) is 1.